The fraction of sp³-hybridized carbons (Fsp3) is 0.900. The van der Waals surface area contributed by atoms with Crippen molar-refractivity contribution < 1.29 is 9.53 Å². The van der Waals surface area contributed by atoms with Gasteiger partial charge in [0.25, 0.3) is 0 Å². The largest absolute Gasteiger partial charge is 0.381 e. The Morgan fingerprint density at radius 2 is 2.00 bits per heavy atom. The van der Waals surface area contributed by atoms with Gasteiger partial charge in [0, 0.05) is 53.5 Å². The third kappa shape index (κ3) is 9.73. The fourth-order valence-corrected chi connectivity index (χ4v) is 3.39. The Hall–Kier alpha value is -0.610. The molecule has 8 heteroatoms. The number of aliphatic imine (C=N–C) groups is 1. The normalized spacial score (nSPS) is 20.0. The number of rotatable bonds is 12. The van der Waals surface area contributed by atoms with Crippen LogP contribution in [-0.2, 0) is 9.53 Å². The molecule has 0 aromatic heterocycles. The maximum Gasteiger partial charge on any atom is 0.239 e. The van der Waals surface area contributed by atoms with Crippen LogP contribution in [0.1, 0.15) is 45.4 Å². The summed E-state index contributed by atoms with van der Waals surface area (Å²) in [6.45, 7) is 8.29. The number of likely N-dealkylation sites (tertiary alicyclic amines) is 1. The first kappa shape index (κ1) is 25.4. The SMILES string of the molecule is CCNC(=NCCCOCC1CC1)NCCCN1CCCC1C(=O)N(C)C.I. The zero-order valence-corrected chi connectivity index (χ0v) is 20.2. The van der Waals surface area contributed by atoms with Crippen molar-refractivity contribution in [2.75, 3.05) is 60.0 Å². The van der Waals surface area contributed by atoms with Gasteiger partial charge in [-0.25, -0.2) is 0 Å². The van der Waals surface area contributed by atoms with Crippen molar-refractivity contribution in [1.29, 1.82) is 0 Å². The Balaban J connectivity index is 0.00000392. The molecule has 1 saturated carbocycles. The quantitative estimate of drug-likeness (QED) is 0.182. The van der Waals surface area contributed by atoms with Crippen molar-refractivity contribution in [3.8, 4) is 0 Å². The highest BCUT2D eigenvalue weighted by atomic mass is 127. The summed E-state index contributed by atoms with van der Waals surface area (Å²) in [6, 6.07) is 0.0672. The molecule has 2 N–H and O–H groups in total. The van der Waals surface area contributed by atoms with E-state index in [1.165, 1.54) is 12.8 Å². The number of likely N-dealkylation sites (N-methyl/N-ethyl adjacent to an activating group) is 1. The highest BCUT2D eigenvalue weighted by Crippen LogP contribution is 2.28. The molecule has 164 valence electrons. The molecule has 1 aliphatic carbocycles. The molecule has 2 aliphatic rings. The number of hydrogen-bond donors (Lipinski definition) is 2. The van der Waals surface area contributed by atoms with Crippen molar-refractivity contribution in [3.05, 3.63) is 0 Å². The number of nitrogens with one attached hydrogen (secondary N) is 2. The summed E-state index contributed by atoms with van der Waals surface area (Å²) >= 11 is 0. The number of ether oxygens (including phenoxy) is 1. The van der Waals surface area contributed by atoms with E-state index in [1.54, 1.807) is 4.90 Å². The van der Waals surface area contributed by atoms with Crippen molar-refractivity contribution in [2.45, 2.75) is 51.5 Å². The number of carbonyl (C=O) groups excluding carboxylic acids is 1. The molecule has 1 heterocycles. The summed E-state index contributed by atoms with van der Waals surface area (Å²) in [5, 5.41) is 6.70. The second-order valence-electron chi connectivity index (χ2n) is 7.84. The predicted molar refractivity (Wildman–Crippen MR) is 125 cm³/mol. The molecular formula is C20H40IN5O2. The second kappa shape index (κ2) is 14.4. The molecular weight excluding hydrogens is 469 g/mol. The van der Waals surface area contributed by atoms with Crippen LogP contribution in [0.15, 0.2) is 4.99 Å². The third-order valence-electron chi connectivity index (χ3n) is 5.12. The van der Waals surface area contributed by atoms with E-state index in [0.29, 0.717) is 0 Å². The molecule has 2 fully saturated rings. The molecule has 0 radical (unpaired) electrons. The van der Waals surface area contributed by atoms with Crippen LogP contribution >= 0.6 is 24.0 Å². The maximum atomic E-state index is 12.2. The van der Waals surface area contributed by atoms with E-state index in [0.717, 1.165) is 83.5 Å². The summed E-state index contributed by atoms with van der Waals surface area (Å²) in [7, 11) is 3.69. The Bertz CT molecular complexity index is 472. The van der Waals surface area contributed by atoms with Gasteiger partial charge in [-0.05, 0) is 57.9 Å². The van der Waals surface area contributed by atoms with Crippen LogP contribution in [0.2, 0.25) is 0 Å². The Labute approximate surface area is 188 Å². The first-order chi connectivity index (χ1) is 13.1. The summed E-state index contributed by atoms with van der Waals surface area (Å²) in [4.78, 5) is 20.9. The van der Waals surface area contributed by atoms with E-state index in [1.807, 2.05) is 14.1 Å². The smallest absolute Gasteiger partial charge is 0.239 e. The first-order valence-electron chi connectivity index (χ1n) is 10.7. The Morgan fingerprint density at radius 1 is 1.21 bits per heavy atom. The van der Waals surface area contributed by atoms with Gasteiger partial charge in [0.05, 0.1) is 6.04 Å². The lowest BCUT2D eigenvalue weighted by Crippen LogP contribution is -2.44. The summed E-state index contributed by atoms with van der Waals surface area (Å²) < 4.78 is 5.65. The summed E-state index contributed by atoms with van der Waals surface area (Å²) in [6.07, 6.45) is 6.75. The van der Waals surface area contributed by atoms with Gasteiger partial charge in [0.15, 0.2) is 5.96 Å². The molecule has 1 atom stereocenters. The number of guanidine groups is 1. The molecule has 1 unspecified atom stereocenters. The minimum absolute atomic E-state index is 0. The van der Waals surface area contributed by atoms with E-state index in [-0.39, 0.29) is 35.9 Å². The van der Waals surface area contributed by atoms with Gasteiger partial charge in [0.2, 0.25) is 5.91 Å². The van der Waals surface area contributed by atoms with Gasteiger partial charge in [0.1, 0.15) is 0 Å². The highest BCUT2D eigenvalue weighted by molar-refractivity contribution is 14.0. The number of hydrogen-bond acceptors (Lipinski definition) is 4. The standard InChI is InChI=1S/C20H39N5O2.HI/c1-4-21-20(23-12-7-15-27-16-17-9-10-17)22-11-6-14-25-13-5-8-18(25)19(26)24(2)3;/h17-18H,4-16H2,1-3H3,(H2,21,22,23);1H. The minimum atomic E-state index is 0. The predicted octanol–water partition coefficient (Wildman–Crippen LogP) is 1.92. The zero-order chi connectivity index (χ0) is 19.5. The van der Waals surface area contributed by atoms with Gasteiger partial charge in [-0.1, -0.05) is 0 Å². The van der Waals surface area contributed by atoms with E-state index >= 15 is 0 Å². The zero-order valence-electron chi connectivity index (χ0n) is 17.9. The number of amides is 1. The molecule has 1 aliphatic heterocycles. The van der Waals surface area contributed by atoms with Gasteiger partial charge >= 0.3 is 0 Å². The lowest BCUT2D eigenvalue weighted by atomic mass is 10.2. The molecule has 0 aromatic rings. The van der Waals surface area contributed by atoms with Crippen molar-refractivity contribution >= 4 is 35.8 Å². The second-order valence-corrected chi connectivity index (χ2v) is 7.84. The molecule has 2 rings (SSSR count). The third-order valence-corrected chi connectivity index (χ3v) is 5.12. The van der Waals surface area contributed by atoms with E-state index in [2.05, 4.69) is 27.4 Å². The van der Waals surface area contributed by atoms with Gasteiger partial charge in [-0.15, -0.1) is 24.0 Å². The Kier molecular flexibility index (Phi) is 13.1. The van der Waals surface area contributed by atoms with Crippen LogP contribution in [0.5, 0.6) is 0 Å². The molecule has 0 aromatic carbocycles. The molecule has 28 heavy (non-hydrogen) atoms. The van der Waals surface area contributed by atoms with Crippen LogP contribution < -0.4 is 10.6 Å². The molecule has 1 amide bonds. The highest BCUT2D eigenvalue weighted by Gasteiger charge is 2.30. The molecule has 7 nitrogen and oxygen atoms in total. The van der Waals surface area contributed by atoms with Crippen LogP contribution in [0, 0.1) is 5.92 Å². The fourth-order valence-electron chi connectivity index (χ4n) is 3.39. The maximum absolute atomic E-state index is 12.2. The number of carbonyl (C=O) groups is 1. The van der Waals surface area contributed by atoms with Crippen LogP contribution in [0.25, 0.3) is 0 Å². The van der Waals surface area contributed by atoms with Crippen LogP contribution in [-0.4, -0.2) is 87.7 Å². The first-order valence-corrected chi connectivity index (χ1v) is 10.7. The van der Waals surface area contributed by atoms with Gasteiger partial charge < -0.3 is 20.3 Å². The lowest BCUT2D eigenvalue weighted by molar-refractivity contribution is -0.133. The van der Waals surface area contributed by atoms with Crippen molar-refractivity contribution in [3.63, 3.8) is 0 Å². The van der Waals surface area contributed by atoms with Crippen molar-refractivity contribution in [1.82, 2.24) is 20.4 Å². The molecule has 1 saturated heterocycles. The van der Waals surface area contributed by atoms with Gasteiger partial charge in [-0.2, -0.15) is 0 Å². The van der Waals surface area contributed by atoms with E-state index < -0.39 is 0 Å². The average molecular weight is 509 g/mol. The monoisotopic (exact) mass is 509 g/mol. The van der Waals surface area contributed by atoms with E-state index in [9.17, 15) is 4.79 Å². The topological polar surface area (TPSA) is 69.2 Å². The molecule has 0 bridgehead atoms. The van der Waals surface area contributed by atoms with Gasteiger partial charge in [-0.3, -0.25) is 14.7 Å². The lowest BCUT2D eigenvalue weighted by Gasteiger charge is -2.26. The minimum Gasteiger partial charge on any atom is -0.381 e. The van der Waals surface area contributed by atoms with Crippen molar-refractivity contribution in [2.24, 2.45) is 10.9 Å². The Morgan fingerprint density at radius 3 is 2.68 bits per heavy atom. The summed E-state index contributed by atoms with van der Waals surface area (Å²) in [5.41, 5.74) is 0. The molecule has 0 spiro atoms. The number of halogens is 1. The van der Waals surface area contributed by atoms with Crippen LogP contribution in [0.3, 0.4) is 0 Å². The number of nitrogens with zero attached hydrogens (tertiary/aromatic N) is 3. The summed E-state index contributed by atoms with van der Waals surface area (Å²) in [5.74, 6) is 1.94. The van der Waals surface area contributed by atoms with Crippen LogP contribution in [0.4, 0.5) is 0 Å². The average Bonchev–Trinajstić information content (AvgIpc) is 3.36. The van der Waals surface area contributed by atoms with E-state index in [4.69, 9.17) is 4.74 Å².